The Hall–Kier alpha value is -5.46. The number of hydrogen-bond acceptors (Lipinski definition) is 9. The van der Waals surface area contributed by atoms with Crippen molar-refractivity contribution in [3.63, 3.8) is 0 Å². The summed E-state index contributed by atoms with van der Waals surface area (Å²) in [5, 5.41) is 35.9. The Balaban J connectivity index is 1.33. The molecule has 0 aromatic heterocycles. The van der Waals surface area contributed by atoms with Crippen molar-refractivity contribution in [2.45, 2.75) is 4.90 Å². The molecular formula is C29H21N5O6S. The molecule has 12 heteroatoms. The largest absolute Gasteiger partial charge is 0.507 e. The van der Waals surface area contributed by atoms with Crippen LogP contribution < -0.4 is 5.73 Å². The number of carboxylic acids is 1. The predicted octanol–water partition coefficient (Wildman–Crippen LogP) is 7.57. The van der Waals surface area contributed by atoms with Gasteiger partial charge >= 0.3 is 5.97 Å². The number of nitrogens with zero attached hydrogens (tertiary/aromatic N) is 4. The van der Waals surface area contributed by atoms with E-state index in [9.17, 15) is 22.9 Å². The van der Waals surface area contributed by atoms with E-state index in [0.717, 1.165) is 11.1 Å². The van der Waals surface area contributed by atoms with Crippen molar-refractivity contribution in [3.05, 3.63) is 103 Å². The van der Waals surface area contributed by atoms with E-state index >= 15 is 0 Å². The molecule has 0 saturated heterocycles. The summed E-state index contributed by atoms with van der Waals surface area (Å²) in [6.07, 6.45) is 0. The first kappa shape index (κ1) is 27.1. The number of nitrogens with two attached hydrogens (primary N) is 1. The Labute approximate surface area is 233 Å². The molecule has 0 spiro atoms. The number of anilines is 1. The minimum atomic E-state index is -4.52. The zero-order chi connectivity index (χ0) is 29.1. The van der Waals surface area contributed by atoms with Gasteiger partial charge < -0.3 is 15.9 Å². The van der Waals surface area contributed by atoms with Crippen molar-refractivity contribution in [2.75, 3.05) is 5.73 Å². The van der Waals surface area contributed by atoms with E-state index in [0.29, 0.717) is 16.8 Å². The Morgan fingerprint density at radius 3 is 1.76 bits per heavy atom. The van der Waals surface area contributed by atoms with Crippen molar-refractivity contribution in [3.8, 4) is 16.9 Å². The first-order chi connectivity index (χ1) is 19.6. The van der Waals surface area contributed by atoms with Crippen LogP contribution in [0, 0.1) is 0 Å². The SMILES string of the molecule is Nc1c(N=Nc2ccc(-c3ccc(N=Nc4ccc(O)c(C(=O)O)c4)cc3)cc2)cc(S(=O)(=O)O)c2ccccc12. The highest BCUT2D eigenvalue weighted by molar-refractivity contribution is 7.86. The van der Waals surface area contributed by atoms with Crippen LogP contribution in [0.1, 0.15) is 10.4 Å². The number of aromatic hydroxyl groups is 1. The van der Waals surface area contributed by atoms with Crippen molar-refractivity contribution in [1.29, 1.82) is 0 Å². The van der Waals surface area contributed by atoms with Gasteiger partial charge in [-0.2, -0.15) is 23.8 Å². The van der Waals surface area contributed by atoms with Crippen LogP contribution in [0.3, 0.4) is 0 Å². The first-order valence-electron chi connectivity index (χ1n) is 12.0. The number of fused-ring (bicyclic) bond motifs is 1. The summed E-state index contributed by atoms with van der Waals surface area (Å²) in [4.78, 5) is 10.9. The molecule has 0 bridgehead atoms. The number of azo groups is 2. The monoisotopic (exact) mass is 567 g/mol. The van der Waals surface area contributed by atoms with E-state index in [2.05, 4.69) is 20.5 Å². The highest BCUT2D eigenvalue weighted by atomic mass is 32.2. The van der Waals surface area contributed by atoms with E-state index < -0.39 is 16.1 Å². The minimum Gasteiger partial charge on any atom is -0.507 e. The molecule has 0 aliphatic rings. The van der Waals surface area contributed by atoms with Crippen LogP contribution in [-0.4, -0.2) is 29.2 Å². The van der Waals surface area contributed by atoms with Gasteiger partial charge in [-0.15, -0.1) is 5.11 Å². The third-order valence-corrected chi connectivity index (χ3v) is 7.03. The highest BCUT2D eigenvalue weighted by Crippen LogP contribution is 2.37. The second-order valence-electron chi connectivity index (χ2n) is 8.83. The van der Waals surface area contributed by atoms with Gasteiger partial charge in [-0.05, 0) is 59.7 Å². The maximum absolute atomic E-state index is 11.9. The molecule has 0 aliphatic carbocycles. The minimum absolute atomic E-state index is 0.108. The summed E-state index contributed by atoms with van der Waals surface area (Å²) >= 11 is 0. The van der Waals surface area contributed by atoms with E-state index in [1.165, 1.54) is 24.3 Å². The topological polar surface area (TPSA) is 187 Å². The molecule has 0 amide bonds. The van der Waals surface area contributed by atoms with Crippen LogP contribution >= 0.6 is 0 Å². The third-order valence-electron chi connectivity index (χ3n) is 6.14. The number of aromatic carboxylic acids is 1. The number of benzene rings is 5. The smallest absolute Gasteiger partial charge is 0.339 e. The predicted molar refractivity (Wildman–Crippen MR) is 153 cm³/mol. The van der Waals surface area contributed by atoms with Crippen molar-refractivity contribution < 1.29 is 28.0 Å². The van der Waals surface area contributed by atoms with Crippen molar-refractivity contribution in [2.24, 2.45) is 20.5 Å². The Bertz CT molecular complexity index is 1960. The number of hydrogen-bond donors (Lipinski definition) is 4. The lowest BCUT2D eigenvalue weighted by molar-refractivity contribution is 0.0693. The number of nitrogen functional groups attached to an aromatic ring is 1. The van der Waals surface area contributed by atoms with Gasteiger partial charge in [-0.3, -0.25) is 4.55 Å². The molecule has 0 saturated carbocycles. The summed E-state index contributed by atoms with van der Waals surface area (Å²) in [6.45, 7) is 0. The number of phenols is 1. The molecule has 41 heavy (non-hydrogen) atoms. The molecule has 0 unspecified atom stereocenters. The van der Waals surface area contributed by atoms with Crippen LogP contribution in [0.15, 0.2) is 122 Å². The summed E-state index contributed by atoms with van der Waals surface area (Å²) in [6, 6.07) is 26.0. The Kier molecular flexibility index (Phi) is 7.25. The van der Waals surface area contributed by atoms with Crippen LogP contribution in [0.5, 0.6) is 5.75 Å². The second-order valence-corrected chi connectivity index (χ2v) is 10.2. The normalized spacial score (nSPS) is 11.9. The highest BCUT2D eigenvalue weighted by Gasteiger charge is 2.18. The molecule has 0 fully saturated rings. The lowest BCUT2D eigenvalue weighted by Crippen LogP contribution is -2.01. The zero-order valence-electron chi connectivity index (χ0n) is 21.1. The maximum Gasteiger partial charge on any atom is 0.339 e. The van der Waals surface area contributed by atoms with Gasteiger partial charge in [-0.1, -0.05) is 48.5 Å². The van der Waals surface area contributed by atoms with Crippen LogP contribution in [0.2, 0.25) is 0 Å². The van der Waals surface area contributed by atoms with Crippen LogP contribution in [-0.2, 0) is 10.1 Å². The van der Waals surface area contributed by atoms with Crippen LogP contribution in [0.4, 0.5) is 28.4 Å². The summed E-state index contributed by atoms with van der Waals surface area (Å²) in [5.41, 5.74) is 9.39. The van der Waals surface area contributed by atoms with Crippen LogP contribution in [0.25, 0.3) is 21.9 Å². The number of rotatable bonds is 7. The van der Waals surface area contributed by atoms with E-state index in [1.807, 2.05) is 24.3 Å². The van der Waals surface area contributed by atoms with E-state index in [4.69, 9.17) is 10.8 Å². The van der Waals surface area contributed by atoms with Crippen molar-refractivity contribution >= 4 is 55.3 Å². The molecule has 5 rings (SSSR count). The lowest BCUT2D eigenvalue weighted by Gasteiger charge is -2.09. The van der Waals surface area contributed by atoms with E-state index in [-0.39, 0.29) is 38.7 Å². The molecular weight excluding hydrogens is 546 g/mol. The van der Waals surface area contributed by atoms with E-state index in [1.54, 1.807) is 48.5 Å². The third kappa shape index (κ3) is 5.93. The molecule has 11 nitrogen and oxygen atoms in total. The molecule has 5 aromatic rings. The van der Waals surface area contributed by atoms with Gasteiger partial charge in [0.25, 0.3) is 10.1 Å². The molecule has 0 aliphatic heterocycles. The average Bonchev–Trinajstić information content (AvgIpc) is 2.96. The first-order valence-corrected chi connectivity index (χ1v) is 13.4. The molecule has 5 aromatic carbocycles. The van der Waals surface area contributed by atoms with Gasteiger partial charge in [0.2, 0.25) is 0 Å². The Morgan fingerprint density at radius 2 is 1.20 bits per heavy atom. The molecule has 0 heterocycles. The summed E-state index contributed by atoms with van der Waals surface area (Å²) in [7, 11) is -4.52. The lowest BCUT2D eigenvalue weighted by atomic mass is 10.1. The van der Waals surface area contributed by atoms with Gasteiger partial charge in [-0.25, -0.2) is 4.79 Å². The van der Waals surface area contributed by atoms with Gasteiger partial charge in [0, 0.05) is 10.8 Å². The molecule has 5 N–H and O–H groups in total. The maximum atomic E-state index is 11.9. The molecule has 0 radical (unpaired) electrons. The summed E-state index contributed by atoms with van der Waals surface area (Å²) in [5.74, 6) is -1.61. The number of carbonyl (C=O) groups is 1. The van der Waals surface area contributed by atoms with Gasteiger partial charge in [0.1, 0.15) is 21.9 Å². The summed E-state index contributed by atoms with van der Waals surface area (Å²) < 4.78 is 33.5. The quantitative estimate of drug-likeness (QED) is 0.0886. The zero-order valence-corrected chi connectivity index (χ0v) is 21.9. The average molecular weight is 568 g/mol. The van der Waals surface area contributed by atoms with Gasteiger partial charge in [0.05, 0.1) is 22.7 Å². The fraction of sp³-hybridized carbons (Fsp3) is 0. The fourth-order valence-electron chi connectivity index (χ4n) is 4.07. The molecule has 0 atom stereocenters. The van der Waals surface area contributed by atoms with Gasteiger partial charge in [0.15, 0.2) is 0 Å². The standard InChI is InChI=1S/C29H21N5O6S/c30-28-23-4-2-1-3-22(23)27(41(38,39)40)16-25(28)34-32-20-11-7-18(8-12-20)17-5-9-19(10-6-17)31-33-21-13-14-26(35)24(15-21)29(36)37/h1-16,35H,30H2,(H,36,37)(H,38,39,40). The number of carboxylic acid groups (broad SMARTS) is 1. The molecule has 204 valence electrons. The van der Waals surface area contributed by atoms with Crippen molar-refractivity contribution in [1.82, 2.24) is 0 Å². The second kappa shape index (κ2) is 11.0. The Morgan fingerprint density at radius 1 is 0.683 bits per heavy atom. The fourth-order valence-corrected chi connectivity index (χ4v) is 4.79.